The number of carboxylic acid groups (broad SMARTS) is 1. The van der Waals surface area contributed by atoms with E-state index in [-0.39, 0.29) is 19.0 Å². The Hall–Kier alpha value is -2.25. The predicted molar refractivity (Wildman–Crippen MR) is 80.4 cm³/mol. The fourth-order valence-corrected chi connectivity index (χ4v) is 2.51. The fourth-order valence-electron chi connectivity index (χ4n) is 2.51. The van der Waals surface area contributed by atoms with Crippen LogP contribution in [-0.2, 0) is 11.0 Å². The van der Waals surface area contributed by atoms with Crippen molar-refractivity contribution in [3.05, 3.63) is 35.4 Å². The van der Waals surface area contributed by atoms with Crippen LogP contribution in [0.15, 0.2) is 24.3 Å². The zero-order chi connectivity index (χ0) is 17.9. The van der Waals surface area contributed by atoms with E-state index in [2.05, 4.69) is 5.32 Å². The molecule has 0 aliphatic heterocycles. The van der Waals surface area contributed by atoms with Gasteiger partial charge in [-0.3, -0.25) is 4.79 Å². The van der Waals surface area contributed by atoms with Crippen LogP contribution in [0.5, 0.6) is 0 Å². The minimum Gasteiger partial charge on any atom is -0.481 e. The van der Waals surface area contributed by atoms with E-state index in [9.17, 15) is 22.8 Å². The Morgan fingerprint density at radius 2 is 2.04 bits per heavy atom. The lowest BCUT2D eigenvalue weighted by atomic mass is 10.0. The summed E-state index contributed by atoms with van der Waals surface area (Å²) in [4.78, 5) is 24.3. The molecule has 1 fully saturated rings. The lowest BCUT2D eigenvalue weighted by Crippen LogP contribution is -2.43. The van der Waals surface area contributed by atoms with E-state index in [0.29, 0.717) is 5.56 Å². The first-order chi connectivity index (χ1) is 11.2. The number of benzene rings is 1. The number of carbonyl (C=O) groups excluding carboxylic acids is 1. The summed E-state index contributed by atoms with van der Waals surface area (Å²) >= 11 is 0. The lowest BCUT2D eigenvalue weighted by Gasteiger charge is -2.30. The number of halogens is 3. The molecule has 1 saturated carbocycles. The molecule has 2 amide bonds. The van der Waals surface area contributed by atoms with Gasteiger partial charge in [0.2, 0.25) is 0 Å². The fraction of sp³-hybridized carbons (Fsp3) is 0.500. The maximum absolute atomic E-state index is 12.9. The Labute approximate surface area is 137 Å². The normalized spacial score (nSPS) is 15.7. The SMILES string of the molecule is CC(c1cccc(C(F)(F)F)c1)N(C(=O)NCCC(=O)O)C1CC1. The lowest BCUT2D eigenvalue weighted by molar-refractivity contribution is -0.138. The second-order valence-corrected chi connectivity index (χ2v) is 5.81. The number of alkyl halides is 3. The average Bonchev–Trinajstić information content (AvgIpc) is 3.31. The van der Waals surface area contributed by atoms with Crippen molar-refractivity contribution in [1.82, 2.24) is 10.2 Å². The van der Waals surface area contributed by atoms with Crippen LogP contribution in [0.4, 0.5) is 18.0 Å². The molecular weight excluding hydrogens is 325 g/mol. The van der Waals surface area contributed by atoms with Gasteiger partial charge in [0, 0.05) is 12.6 Å². The Balaban J connectivity index is 2.13. The number of aliphatic carboxylic acids is 1. The minimum absolute atomic E-state index is 0.0211. The van der Waals surface area contributed by atoms with Crippen LogP contribution < -0.4 is 5.32 Å². The summed E-state index contributed by atoms with van der Waals surface area (Å²) < 4.78 is 38.6. The highest BCUT2D eigenvalue weighted by molar-refractivity contribution is 5.76. The van der Waals surface area contributed by atoms with E-state index in [4.69, 9.17) is 5.11 Å². The van der Waals surface area contributed by atoms with Crippen molar-refractivity contribution < 1.29 is 27.9 Å². The van der Waals surface area contributed by atoms with Gasteiger partial charge in [0.05, 0.1) is 18.0 Å². The zero-order valence-corrected chi connectivity index (χ0v) is 13.1. The number of carbonyl (C=O) groups is 2. The molecule has 0 heterocycles. The molecular formula is C16H19F3N2O3. The van der Waals surface area contributed by atoms with Gasteiger partial charge in [-0.25, -0.2) is 4.79 Å². The molecule has 1 aliphatic carbocycles. The van der Waals surface area contributed by atoms with Gasteiger partial charge in [0.1, 0.15) is 0 Å². The summed E-state index contributed by atoms with van der Waals surface area (Å²) in [5.41, 5.74) is -0.362. The van der Waals surface area contributed by atoms with Crippen LogP contribution in [0, 0.1) is 0 Å². The van der Waals surface area contributed by atoms with Gasteiger partial charge in [-0.15, -0.1) is 0 Å². The van der Waals surface area contributed by atoms with Gasteiger partial charge in [-0.2, -0.15) is 13.2 Å². The van der Waals surface area contributed by atoms with Crippen molar-refractivity contribution in [3.63, 3.8) is 0 Å². The van der Waals surface area contributed by atoms with Crippen LogP contribution >= 0.6 is 0 Å². The summed E-state index contributed by atoms with van der Waals surface area (Å²) in [5, 5.41) is 11.1. The molecule has 0 bridgehead atoms. The summed E-state index contributed by atoms with van der Waals surface area (Å²) in [7, 11) is 0. The average molecular weight is 344 g/mol. The molecule has 0 spiro atoms. The molecule has 2 rings (SSSR count). The third kappa shape index (κ3) is 4.62. The van der Waals surface area contributed by atoms with Gasteiger partial charge in [0.25, 0.3) is 0 Å². The number of urea groups is 1. The molecule has 132 valence electrons. The van der Waals surface area contributed by atoms with Crippen LogP contribution in [0.2, 0.25) is 0 Å². The van der Waals surface area contributed by atoms with E-state index >= 15 is 0 Å². The molecule has 24 heavy (non-hydrogen) atoms. The molecule has 1 aromatic carbocycles. The monoisotopic (exact) mass is 344 g/mol. The molecule has 1 unspecified atom stereocenters. The van der Waals surface area contributed by atoms with Crippen molar-refractivity contribution in [2.24, 2.45) is 0 Å². The zero-order valence-electron chi connectivity index (χ0n) is 13.1. The van der Waals surface area contributed by atoms with E-state index < -0.39 is 29.8 Å². The minimum atomic E-state index is -4.44. The first-order valence-corrected chi connectivity index (χ1v) is 7.65. The molecule has 2 N–H and O–H groups in total. The first kappa shape index (κ1) is 18.1. The number of rotatable bonds is 6. The van der Waals surface area contributed by atoms with Gasteiger partial charge in [-0.1, -0.05) is 12.1 Å². The third-order valence-electron chi connectivity index (χ3n) is 3.90. The van der Waals surface area contributed by atoms with Crippen LogP contribution in [-0.4, -0.2) is 34.6 Å². The Morgan fingerprint density at radius 3 is 2.58 bits per heavy atom. The number of nitrogens with zero attached hydrogens (tertiary/aromatic N) is 1. The van der Waals surface area contributed by atoms with Crippen molar-refractivity contribution in [2.75, 3.05) is 6.54 Å². The van der Waals surface area contributed by atoms with E-state index in [0.717, 1.165) is 25.0 Å². The van der Waals surface area contributed by atoms with Gasteiger partial charge in [-0.05, 0) is 37.5 Å². The Bertz CT molecular complexity index is 615. The van der Waals surface area contributed by atoms with Crippen molar-refractivity contribution in [3.8, 4) is 0 Å². The van der Waals surface area contributed by atoms with Crippen LogP contribution in [0.3, 0.4) is 0 Å². The number of hydrogen-bond acceptors (Lipinski definition) is 2. The van der Waals surface area contributed by atoms with E-state index in [1.165, 1.54) is 11.0 Å². The van der Waals surface area contributed by atoms with Gasteiger partial charge >= 0.3 is 18.2 Å². The van der Waals surface area contributed by atoms with E-state index in [1.54, 1.807) is 13.0 Å². The molecule has 0 aromatic heterocycles. The molecule has 8 heteroatoms. The first-order valence-electron chi connectivity index (χ1n) is 7.65. The van der Waals surface area contributed by atoms with Gasteiger partial charge < -0.3 is 15.3 Å². The number of hydrogen-bond donors (Lipinski definition) is 2. The maximum Gasteiger partial charge on any atom is 0.416 e. The topological polar surface area (TPSA) is 69.6 Å². The predicted octanol–water partition coefficient (Wildman–Crippen LogP) is 3.42. The van der Waals surface area contributed by atoms with E-state index in [1.807, 2.05) is 0 Å². The molecule has 0 radical (unpaired) electrons. The van der Waals surface area contributed by atoms with Crippen molar-refractivity contribution in [2.45, 2.75) is 44.4 Å². The summed E-state index contributed by atoms with van der Waals surface area (Å²) in [6.45, 7) is 1.65. The summed E-state index contributed by atoms with van der Waals surface area (Å²) in [6.07, 6.45) is -3.07. The third-order valence-corrected chi connectivity index (χ3v) is 3.90. The largest absolute Gasteiger partial charge is 0.481 e. The second-order valence-electron chi connectivity index (χ2n) is 5.81. The highest BCUT2D eigenvalue weighted by atomic mass is 19.4. The van der Waals surface area contributed by atoms with Crippen LogP contribution in [0.25, 0.3) is 0 Å². The number of carboxylic acids is 1. The molecule has 5 nitrogen and oxygen atoms in total. The molecule has 1 aromatic rings. The second kappa shape index (κ2) is 7.11. The Kier molecular flexibility index (Phi) is 5.36. The number of nitrogens with one attached hydrogen (secondary N) is 1. The summed E-state index contributed by atoms with van der Waals surface area (Å²) in [5.74, 6) is -1.03. The maximum atomic E-state index is 12.9. The molecule has 1 aliphatic rings. The quantitative estimate of drug-likeness (QED) is 0.831. The van der Waals surface area contributed by atoms with Crippen LogP contribution in [0.1, 0.15) is 43.4 Å². The number of amides is 2. The highest BCUT2D eigenvalue weighted by Gasteiger charge is 2.37. The van der Waals surface area contributed by atoms with Crippen molar-refractivity contribution in [1.29, 1.82) is 0 Å². The highest BCUT2D eigenvalue weighted by Crippen LogP contribution is 2.36. The molecule has 1 atom stereocenters. The summed E-state index contributed by atoms with van der Waals surface area (Å²) in [6, 6.07) is 3.89. The smallest absolute Gasteiger partial charge is 0.416 e. The molecule has 0 saturated heterocycles. The Morgan fingerprint density at radius 1 is 1.38 bits per heavy atom. The standard InChI is InChI=1S/C16H19F3N2O3/c1-10(11-3-2-4-12(9-11)16(17,18)19)21(13-5-6-13)15(24)20-8-7-14(22)23/h2-4,9-10,13H,5-8H2,1H3,(H,20,24)(H,22,23). The van der Waals surface area contributed by atoms with Gasteiger partial charge in [0.15, 0.2) is 0 Å². The van der Waals surface area contributed by atoms with Crippen molar-refractivity contribution >= 4 is 12.0 Å².